The van der Waals surface area contributed by atoms with Gasteiger partial charge >= 0.3 is 0 Å². The van der Waals surface area contributed by atoms with Crippen molar-refractivity contribution in [3.05, 3.63) is 12.7 Å². The van der Waals surface area contributed by atoms with Gasteiger partial charge in [-0.25, -0.2) is 0 Å². The Morgan fingerprint density at radius 1 is 1.29 bits per heavy atom. The molecule has 1 saturated heterocycles. The van der Waals surface area contributed by atoms with Gasteiger partial charge in [-0.1, -0.05) is 32.8 Å². The predicted molar refractivity (Wildman–Crippen MR) is 82.0 cm³/mol. The maximum absolute atomic E-state index is 10.2. The van der Waals surface area contributed by atoms with Crippen LogP contribution in [-0.2, 0) is 0 Å². The van der Waals surface area contributed by atoms with Crippen molar-refractivity contribution in [2.24, 2.45) is 0 Å². The lowest BCUT2D eigenvalue weighted by atomic mass is 10.1. The van der Waals surface area contributed by atoms with Crippen LogP contribution in [0.4, 0.5) is 0 Å². The van der Waals surface area contributed by atoms with E-state index in [1.165, 1.54) is 12.8 Å². The summed E-state index contributed by atoms with van der Waals surface area (Å²) in [5, 5.41) is 12.0. The number of rotatable bonds is 7. The average Bonchev–Trinajstić information content (AvgIpc) is 2.32. The smallest absolute Gasteiger partial charge is 0.0666 e. The summed E-state index contributed by atoms with van der Waals surface area (Å²) in [6.07, 6.45) is 7.55. The minimum Gasteiger partial charge on any atom is -0.392 e. The van der Waals surface area contributed by atoms with Crippen LogP contribution in [0.3, 0.4) is 0 Å². The first-order chi connectivity index (χ1) is 8.15. The SMILES string of the molecule is C=CCCCCCC(O)C1CSC(C)C(C)S1. The number of aliphatic hydroxyl groups excluding tert-OH is 1. The maximum Gasteiger partial charge on any atom is 0.0666 e. The average molecular weight is 274 g/mol. The highest BCUT2D eigenvalue weighted by atomic mass is 32.2. The molecule has 1 aliphatic rings. The van der Waals surface area contributed by atoms with Gasteiger partial charge in [0.25, 0.3) is 0 Å². The van der Waals surface area contributed by atoms with Gasteiger partial charge in [0.15, 0.2) is 0 Å². The topological polar surface area (TPSA) is 20.2 Å². The molecule has 1 fully saturated rings. The van der Waals surface area contributed by atoms with Crippen molar-refractivity contribution in [1.82, 2.24) is 0 Å². The van der Waals surface area contributed by atoms with Gasteiger partial charge in [0.1, 0.15) is 0 Å². The van der Waals surface area contributed by atoms with Crippen LogP contribution in [0.2, 0.25) is 0 Å². The summed E-state index contributed by atoms with van der Waals surface area (Å²) in [6.45, 7) is 8.30. The molecule has 4 unspecified atom stereocenters. The zero-order chi connectivity index (χ0) is 12.7. The van der Waals surface area contributed by atoms with Gasteiger partial charge in [0.2, 0.25) is 0 Å². The molecular weight excluding hydrogens is 248 g/mol. The van der Waals surface area contributed by atoms with E-state index < -0.39 is 0 Å². The zero-order valence-corrected chi connectivity index (χ0v) is 12.7. The normalized spacial score (nSPS) is 31.1. The lowest BCUT2D eigenvalue weighted by Crippen LogP contribution is -2.34. The summed E-state index contributed by atoms with van der Waals surface area (Å²) in [6, 6.07) is 0. The van der Waals surface area contributed by atoms with Gasteiger partial charge in [-0.2, -0.15) is 23.5 Å². The Labute approximate surface area is 115 Å². The Balaban J connectivity index is 2.14. The Kier molecular flexibility index (Phi) is 7.72. The molecule has 17 heavy (non-hydrogen) atoms. The summed E-state index contributed by atoms with van der Waals surface area (Å²) >= 11 is 4.00. The van der Waals surface area contributed by atoms with Crippen molar-refractivity contribution in [2.75, 3.05) is 5.75 Å². The van der Waals surface area contributed by atoms with Crippen molar-refractivity contribution in [1.29, 1.82) is 0 Å². The third kappa shape index (κ3) is 5.71. The standard InChI is InChI=1S/C14H26OS2/c1-4-5-6-7-8-9-13(15)14-10-16-11(2)12(3)17-14/h4,11-15H,1,5-10H2,2-3H3. The second kappa shape index (κ2) is 8.49. The molecule has 100 valence electrons. The molecule has 0 saturated carbocycles. The maximum atomic E-state index is 10.2. The molecule has 0 aromatic carbocycles. The molecule has 0 radical (unpaired) electrons. The highest BCUT2D eigenvalue weighted by Crippen LogP contribution is 2.37. The lowest BCUT2D eigenvalue weighted by molar-refractivity contribution is 0.162. The fourth-order valence-electron chi connectivity index (χ4n) is 2.01. The molecule has 4 atom stereocenters. The number of thioether (sulfide) groups is 2. The zero-order valence-electron chi connectivity index (χ0n) is 11.1. The molecule has 1 aliphatic heterocycles. The number of hydrogen-bond donors (Lipinski definition) is 1. The lowest BCUT2D eigenvalue weighted by Gasteiger charge is -2.33. The Hall–Kier alpha value is 0.400. The third-order valence-electron chi connectivity index (χ3n) is 3.41. The molecule has 1 nitrogen and oxygen atoms in total. The van der Waals surface area contributed by atoms with Gasteiger partial charge in [0, 0.05) is 21.5 Å². The molecule has 0 aromatic heterocycles. The van der Waals surface area contributed by atoms with E-state index >= 15 is 0 Å². The summed E-state index contributed by atoms with van der Waals surface area (Å²) in [5.41, 5.74) is 0. The number of hydrogen-bond acceptors (Lipinski definition) is 3. The first kappa shape index (κ1) is 15.5. The van der Waals surface area contributed by atoms with E-state index in [0.717, 1.165) is 30.3 Å². The van der Waals surface area contributed by atoms with Gasteiger partial charge in [-0.3, -0.25) is 0 Å². The summed E-state index contributed by atoms with van der Waals surface area (Å²) in [7, 11) is 0. The number of allylic oxidation sites excluding steroid dienone is 1. The fraction of sp³-hybridized carbons (Fsp3) is 0.857. The highest BCUT2D eigenvalue weighted by Gasteiger charge is 2.29. The third-order valence-corrected chi connectivity index (χ3v) is 6.95. The summed E-state index contributed by atoms with van der Waals surface area (Å²) < 4.78 is 0. The predicted octanol–water partition coefficient (Wildman–Crippen LogP) is 4.11. The van der Waals surface area contributed by atoms with Crippen LogP contribution in [0.1, 0.15) is 46.0 Å². The quantitative estimate of drug-likeness (QED) is 0.557. The molecular formula is C14H26OS2. The molecule has 0 amide bonds. The summed E-state index contributed by atoms with van der Waals surface area (Å²) in [4.78, 5) is 0. The van der Waals surface area contributed by atoms with Crippen LogP contribution in [0, 0.1) is 0 Å². The summed E-state index contributed by atoms with van der Waals surface area (Å²) in [5.74, 6) is 1.12. The monoisotopic (exact) mass is 274 g/mol. The van der Waals surface area contributed by atoms with Crippen LogP contribution >= 0.6 is 23.5 Å². The minimum atomic E-state index is -0.105. The van der Waals surface area contributed by atoms with Crippen molar-refractivity contribution < 1.29 is 5.11 Å². The first-order valence-electron chi connectivity index (χ1n) is 6.71. The van der Waals surface area contributed by atoms with E-state index in [-0.39, 0.29) is 6.10 Å². The van der Waals surface area contributed by atoms with Crippen molar-refractivity contribution >= 4 is 23.5 Å². The number of unbranched alkanes of at least 4 members (excludes halogenated alkanes) is 3. The largest absolute Gasteiger partial charge is 0.392 e. The van der Waals surface area contributed by atoms with E-state index in [0.29, 0.717) is 10.5 Å². The van der Waals surface area contributed by atoms with Crippen LogP contribution in [0.5, 0.6) is 0 Å². The number of aliphatic hydroxyl groups is 1. The van der Waals surface area contributed by atoms with Crippen LogP contribution in [0.15, 0.2) is 12.7 Å². The van der Waals surface area contributed by atoms with Gasteiger partial charge in [-0.15, -0.1) is 6.58 Å². The molecule has 1 rings (SSSR count). The molecule has 0 aromatic rings. The van der Waals surface area contributed by atoms with E-state index in [4.69, 9.17) is 0 Å². The molecule has 1 heterocycles. The van der Waals surface area contributed by atoms with Crippen molar-refractivity contribution in [3.8, 4) is 0 Å². The second-order valence-corrected chi connectivity index (χ2v) is 7.94. The minimum absolute atomic E-state index is 0.105. The van der Waals surface area contributed by atoms with E-state index in [2.05, 4.69) is 20.4 Å². The van der Waals surface area contributed by atoms with E-state index in [1.807, 2.05) is 29.6 Å². The van der Waals surface area contributed by atoms with Gasteiger partial charge < -0.3 is 5.11 Å². The second-order valence-electron chi connectivity index (χ2n) is 4.91. The molecule has 0 bridgehead atoms. The highest BCUT2D eigenvalue weighted by molar-refractivity contribution is 8.07. The molecule has 1 N–H and O–H groups in total. The van der Waals surface area contributed by atoms with Crippen LogP contribution < -0.4 is 0 Å². The van der Waals surface area contributed by atoms with Crippen molar-refractivity contribution in [3.63, 3.8) is 0 Å². The Morgan fingerprint density at radius 3 is 2.71 bits per heavy atom. The van der Waals surface area contributed by atoms with Crippen LogP contribution in [-0.4, -0.2) is 32.7 Å². The fourth-order valence-corrected chi connectivity index (χ4v) is 5.07. The molecule has 3 heteroatoms. The van der Waals surface area contributed by atoms with Crippen molar-refractivity contribution in [2.45, 2.75) is 67.8 Å². The molecule has 0 aliphatic carbocycles. The van der Waals surface area contributed by atoms with E-state index in [9.17, 15) is 5.11 Å². The Bertz CT molecular complexity index is 220. The van der Waals surface area contributed by atoms with Gasteiger partial charge in [-0.05, 0) is 19.3 Å². The van der Waals surface area contributed by atoms with Crippen LogP contribution in [0.25, 0.3) is 0 Å². The Morgan fingerprint density at radius 2 is 2.06 bits per heavy atom. The van der Waals surface area contributed by atoms with Gasteiger partial charge in [0.05, 0.1) is 6.10 Å². The van der Waals surface area contributed by atoms with E-state index in [1.54, 1.807) is 0 Å². The first-order valence-corrected chi connectivity index (χ1v) is 8.70. The molecule has 0 spiro atoms.